The lowest BCUT2D eigenvalue weighted by Crippen LogP contribution is -2.20. The third-order valence-electron chi connectivity index (χ3n) is 3.03. The van der Waals surface area contributed by atoms with Crippen molar-refractivity contribution in [3.8, 4) is 0 Å². The Balaban J connectivity index is 2.46. The fraction of sp³-hybridized carbons (Fsp3) is 0.333. The Bertz CT molecular complexity index is 457. The van der Waals surface area contributed by atoms with Gasteiger partial charge in [-0.1, -0.05) is 52.8 Å². The molecular formula is C15H17BrO. The summed E-state index contributed by atoms with van der Waals surface area (Å²) in [5, 5.41) is 0. The van der Waals surface area contributed by atoms with E-state index < -0.39 is 0 Å². The van der Waals surface area contributed by atoms with E-state index in [1.807, 2.05) is 6.07 Å². The van der Waals surface area contributed by atoms with Crippen LogP contribution in [0.1, 0.15) is 25.8 Å². The van der Waals surface area contributed by atoms with Gasteiger partial charge in [0, 0.05) is 6.42 Å². The molecule has 0 unspecified atom stereocenters. The highest BCUT2D eigenvalue weighted by Gasteiger charge is 2.34. The molecule has 0 fully saturated rings. The van der Waals surface area contributed by atoms with Crippen molar-refractivity contribution in [2.45, 2.75) is 25.9 Å². The van der Waals surface area contributed by atoms with E-state index in [4.69, 9.17) is 4.74 Å². The van der Waals surface area contributed by atoms with E-state index in [2.05, 4.69) is 60.6 Å². The molecule has 1 nitrogen and oxygen atoms in total. The Labute approximate surface area is 111 Å². The van der Waals surface area contributed by atoms with Crippen molar-refractivity contribution in [3.05, 3.63) is 52.5 Å². The summed E-state index contributed by atoms with van der Waals surface area (Å²) in [6.45, 7) is 8.87. The molecule has 1 aromatic rings. The zero-order chi connectivity index (χ0) is 12.5. The number of ether oxygens (including phenoxy) is 1. The highest BCUT2D eigenvalue weighted by molar-refractivity contribution is 9.11. The fourth-order valence-corrected chi connectivity index (χ4v) is 2.70. The Morgan fingerprint density at radius 2 is 2.00 bits per heavy atom. The predicted molar refractivity (Wildman–Crippen MR) is 76.1 cm³/mol. The average molecular weight is 293 g/mol. The molecule has 2 heteroatoms. The zero-order valence-corrected chi connectivity index (χ0v) is 11.9. The van der Waals surface area contributed by atoms with Crippen molar-refractivity contribution in [1.82, 2.24) is 0 Å². The Kier molecular flexibility index (Phi) is 3.55. The second-order valence-corrected chi connectivity index (χ2v) is 5.96. The maximum absolute atomic E-state index is 5.88. The van der Waals surface area contributed by atoms with Gasteiger partial charge in [-0.25, -0.2) is 0 Å². The highest BCUT2D eigenvalue weighted by atomic mass is 79.9. The van der Waals surface area contributed by atoms with Crippen LogP contribution in [0.3, 0.4) is 0 Å². The van der Waals surface area contributed by atoms with Crippen molar-refractivity contribution >= 4 is 21.5 Å². The van der Waals surface area contributed by atoms with Crippen LogP contribution in [-0.2, 0) is 4.74 Å². The first kappa shape index (κ1) is 12.6. The third kappa shape index (κ3) is 2.70. The molecular weight excluding hydrogens is 276 g/mol. The van der Waals surface area contributed by atoms with Crippen LogP contribution < -0.4 is 0 Å². The van der Waals surface area contributed by atoms with Crippen LogP contribution in [0.25, 0.3) is 5.57 Å². The van der Waals surface area contributed by atoms with E-state index in [1.165, 1.54) is 16.7 Å². The van der Waals surface area contributed by atoms with Gasteiger partial charge in [0.2, 0.25) is 0 Å². The third-order valence-corrected chi connectivity index (χ3v) is 3.31. The van der Waals surface area contributed by atoms with E-state index in [9.17, 15) is 0 Å². The first-order valence-electron chi connectivity index (χ1n) is 5.76. The van der Waals surface area contributed by atoms with Gasteiger partial charge in [-0.3, -0.25) is 0 Å². The molecule has 2 rings (SSSR count). The lowest BCUT2D eigenvalue weighted by Gasteiger charge is -2.22. The van der Waals surface area contributed by atoms with E-state index in [-0.39, 0.29) is 5.60 Å². The quantitative estimate of drug-likeness (QED) is 0.794. The van der Waals surface area contributed by atoms with Crippen molar-refractivity contribution in [1.29, 1.82) is 0 Å². The lowest BCUT2D eigenvalue weighted by atomic mass is 9.88. The summed E-state index contributed by atoms with van der Waals surface area (Å²) in [4.78, 5) is 0. The van der Waals surface area contributed by atoms with Gasteiger partial charge in [-0.2, -0.15) is 0 Å². The van der Waals surface area contributed by atoms with Gasteiger partial charge in [0.25, 0.3) is 0 Å². The lowest BCUT2D eigenvalue weighted by molar-refractivity contribution is 0.0612. The molecule has 0 saturated heterocycles. The van der Waals surface area contributed by atoms with E-state index in [1.54, 1.807) is 0 Å². The van der Waals surface area contributed by atoms with Gasteiger partial charge in [0.15, 0.2) is 0 Å². The van der Waals surface area contributed by atoms with Crippen molar-refractivity contribution < 1.29 is 4.74 Å². The monoisotopic (exact) mass is 292 g/mol. The van der Waals surface area contributed by atoms with Gasteiger partial charge < -0.3 is 4.74 Å². The molecule has 0 aromatic heterocycles. The highest BCUT2D eigenvalue weighted by Crippen LogP contribution is 2.40. The normalized spacial score (nSPS) is 18.5. The molecule has 0 saturated carbocycles. The van der Waals surface area contributed by atoms with Crippen LogP contribution in [0, 0.1) is 0 Å². The maximum atomic E-state index is 5.88. The molecule has 0 atom stereocenters. The molecule has 1 heterocycles. The number of halogens is 1. The molecule has 0 aliphatic carbocycles. The van der Waals surface area contributed by atoms with E-state index in [0.29, 0.717) is 6.61 Å². The zero-order valence-electron chi connectivity index (χ0n) is 10.3. The largest absolute Gasteiger partial charge is 0.366 e. The molecule has 1 aliphatic rings. The predicted octanol–water partition coefficient (Wildman–Crippen LogP) is 4.55. The SMILES string of the molecule is C=C(Br)CC1=C(c2ccccc2)C(C)(C)OC1. The molecule has 0 spiro atoms. The number of allylic oxidation sites excluding steroid dienone is 1. The van der Waals surface area contributed by atoms with Gasteiger partial charge >= 0.3 is 0 Å². The Morgan fingerprint density at radius 1 is 1.35 bits per heavy atom. The summed E-state index contributed by atoms with van der Waals surface area (Å²) in [7, 11) is 0. The van der Waals surface area contributed by atoms with Crippen LogP contribution >= 0.6 is 15.9 Å². The summed E-state index contributed by atoms with van der Waals surface area (Å²) in [5.41, 5.74) is 3.67. The first-order chi connectivity index (χ1) is 8.00. The van der Waals surface area contributed by atoms with Gasteiger partial charge in [-0.15, -0.1) is 0 Å². The average Bonchev–Trinajstić information content (AvgIpc) is 2.54. The minimum absolute atomic E-state index is 0.209. The topological polar surface area (TPSA) is 9.23 Å². The molecule has 0 radical (unpaired) electrons. The molecule has 90 valence electrons. The molecule has 0 amide bonds. The van der Waals surface area contributed by atoms with Crippen LogP contribution in [0.5, 0.6) is 0 Å². The number of hydrogen-bond acceptors (Lipinski definition) is 1. The Morgan fingerprint density at radius 3 is 2.59 bits per heavy atom. The van der Waals surface area contributed by atoms with E-state index >= 15 is 0 Å². The number of rotatable bonds is 3. The minimum Gasteiger partial charge on any atom is -0.366 e. The Hall–Kier alpha value is -0.860. The minimum atomic E-state index is -0.209. The van der Waals surface area contributed by atoms with Crippen LogP contribution in [0.4, 0.5) is 0 Å². The second-order valence-electron chi connectivity index (χ2n) is 4.84. The molecule has 0 bridgehead atoms. The van der Waals surface area contributed by atoms with Crippen molar-refractivity contribution in [2.75, 3.05) is 6.61 Å². The molecule has 17 heavy (non-hydrogen) atoms. The summed E-state index contributed by atoms with van der Waals surface area (Å²) in [6.07, 6.45) is 0.855. The van der Waals surface area contributed by atoms with Crippen molar-refractivity contribution in [2.24, 2.45) is 0 Å². The number of benzene rings is 1. The van der Waals surface area contributed by atoms with Gasteiger partial charge in [0.05, 0.1) is 12.2 Å². The van der Waals surface area contributed by atoms with Crippen molar-refractivity contribution in [3.63, 3.8) is 0 Å². The van der Waals surface area contributed by atoms with E-state index in [0.717, 1.165) is 10.9 Å². The smallest absolute Gasteiger partial charge is 0.0886 e. The summed E-state index contributed by atoms with van der Waals surface area (Å²) in [6, 6.07) is 10.5. The summed E-state index contributed by atoms with van der Waals surface area (Å²) >= 11 is 3.44. The van der Waals surface area contributed by atoms with Crippen LogP contribution in [-0.4, -0.2) is 12.2 Å². The fourth-order valence-electron chi connectivity index (χ4n) is 2.37. The van der Waals surface area contributed by atoms with Crippen LogP contribution in [0.2, 0.25) is 0 Å². The number of hydrogen-bond donors (Lipinski definition) is 0. The van der Waals surface area contributed by atoms with Gasteiger partial charge in [-0.05, 0) is 35.0 Å². The van der Waals surface area contributed by atoms with Gasteiger partial charge in [0.1, 0.15) is 0 Å². The second kappa shape index (κ2) is 4.79. The first-order valence-corrected chi connectivity index (χ1v) is 6.55. The standard InChI is InChI=1S/C15H17BrO/c1-11(16)9-13-10-17-15(2,3)14(13)12-7-5-4-6-8-12/h4-8H,1,9-10H2,2-3H3. The molecule has 1 aromatic carbocycles. The maximum Gasteiger partial charge on any atom is 0.0886 e. The summed E-state index contributed by atoms with van der Waals surface area (Å²) < 4.78 is 6.89. The summed E-state index contributed by atoms with van der Waals surface area (Å²) in [5.74, 6) is 0. The molecule has 1 aliphatic heterocycles. The van der Waals surface area contributed by atoms with Crippen LogP contribution in [0.15, 0.2) is 47.0 Å². The molecule has 0 N–H and O–H groups in total.